The van der Waals surface area contributed by atoms with Gasteiger partial charge in [0.15, 0.2) is 0 Å². The molecule has 3 aromatic rings. The van der Waals surface area contributed by atoms with Crippen LogP contribution in [0.2, 0.25) is 0 Å². The number of benzene rings is 2. The average molecular weight is 319 g/mol. The lowest BCUT2D eigenvalue weighted by Gasteiger charge is -2.34. The SMILES string of the molecule is COc1ccccc1[C@@](C)(O)[C@H](c1ccccc1)c1ccccn1. The number of methoxy groups -OCH3 is 1. The van der Waals surface area contributed by atoms with Crippen molar-refractivity contribution in [3.8, 4) is 5.75 Å². The fourth-order valence-electron chi connectivity index (χ4n) is 3.19. The van der Waals surface area contributed by atoms with Crippen LogP contribution in [0.4, 0.5) is 0 Å². The number of aromatic nitrogens is 1. The fraction of sp³-hybridized carbons (Fsp3) is 0.190. The third-order valence-corrected chi connectivity index (χ3v) is 4.33. The second-order valence-electron chi connectivity index (χ2n) is 5.95. The van der Waals surface area contributed by atoms with E-state index in [1.54, 1.807) is 13.3 Å². The fourth-order valence-corrected chi connectivity index (χ4v) is 3.19. The number of para-hydroxylation sites is 1. The highest BCUT2D eigenvalue weighted by molar-refractivity contribution is 5.43. The van der Waals surface area contributed by atoms with Gasteiger partial charge in [-0.25, -0.2) is 0 Å². The second-order valence-corrected chi connectivity index (χ2v) is 5.95. The maximum Gasteiger partial charge on any atom is 0.124 e. The van der Waals surface area contributed by atoms with Gasteiger partial charge in [0.05, 0.1) is 18.7 Å². The van der Waals surface area contributed by atoms with Crippen molar-refractivity contribution in [2.75, 3.05) is 7.11 Å². The van der Waals surface area contributed by atoms with Crippen LogP contribution in [0.5, 0.6) is 5.75 Å². The van der Waals surface area contributed by atoms with E-state index in [0.29, 0.717) is 5.75 Å². The van der Waals surface area contributed by atoms with Gasteiger partial charge in [-0.2, -0.15) is 0 Å². The highest BCUT2D eigenvalue weighted by Gasteiger charge is 2.38. The summed E-state index contributed by atoms with van der Waals surface area (Å²) in [5.74, 6) is 0.357. The Morgan fingerprint density at radius 1 is 0.917 bits per heavy atom. The van der Waals surface area contributed by atoms with Crippen molar-refractivity contribution in [2.45, 2.75) is 18.4 Å². The van der Waals surface area contributed by atoms with Crippen molar-refractivity contribution in [1.29, 1.82) is 0 Å². The van der Waals surface area contributed by atoms with Crippen LogP contribution in [0.3, 0.4) is 0 Å². The van der Waals surface area contributed by atoms with E-state index in [1.165, 1.54) is 0 Å². The minimum Gasteiger partial charge on any atom is -0.496 e. The minimum atomic E-state index is -1.18. The number of aliphatic hydroxyl groups is 1. The van der Waals surface area contributed by atoms with Crippen LogP contribution in [-0.4, -0.2) is 17.2 Å². The summed E-state index contributed by atoms with van der Waals surface area (Å²) in [5.41, 5.74) is 1.39. The third kappa shape index (κ3) is 3.03. The summed E-state index contributed by atoms with van der Waals surface area (Å²) < 4.78 is 5.47. The van der Waals surface area contributed by atoms with Crippen LogP contribution in [0, 0.1) is 0 Å². The molecule has 2 atom stereocenters. The number of pyridine rings is 1. The predicted molar refractivity (Wildman–Crippen MR) is 95.1 cm³/mol. The van der Waals surface area contributed by atoms with E-state index in [2.05, 4.69) is 4.98 Å². The molecule has 0 unspecified atom stereocenters. The van der Waals surface area contributed by atoms with Crippen molar-refractivity contribution in [1.82, 2.24) is 4.98 Å². The number of rotatable bonds is 5. The highest BCUT2D eigenvalue weighted by Crippen LogP contribution is 2.43. The quantitative estimate of drug-likeness (QED) is 0.769. The molecule has 0 amide bonds. The number of ether oxygens (including phenoxy) is 1. The van der Waals surface area contributed by atoms with E-state index < -0.39 is 5.60 Å². The lowest BCUT2D eigenvalue weighted by atomic mass is 9.76. The second kappa shape index (κ2) is 6.85. The first-order valence-corrected chi connectivity index (χ1v) is 7.96. The maximum absolute atomic E-state index is 11.5. The van der Waals surface area contributed by atoms with Gasteiger partial charge in [-0.3, -0.25) is 4.98 Å². The maximum atomic E-state index is 11.5. The molecule has 2 aromatic carbocycles. The topological polar surface area (TPSA) is 42.4 Å². The van der Waals surface area contributed by atoms with Gasteiger partial charge < -0.3 is 9.84 Å². The summed E-state index contributed by atoms with van der Waals surface area (Å²) in [6.45, 7) is 1.82. The molecular formula is C21H21NO2. The Balaban J connectivity index is 2.18. The molecule has 1 N–H and O–H groups in total. The largest absolute Gasteiger partial charge is 0.496 e. The lowest BCUT2D eigenvalue weighted by molar-refractivity contribution is 0.0356. The summed E-state index contributed by atoms with van der Waals surface area (Å²) in [5, 5.41) is 11.5. The molecule has 3 rings (SSSR count). The first kappa shape index (κ1) is 16.2. The Bertz CT molecular complexity index is 746. The van der Waals surface area contributed by atoms with Gasteiger partial charge in [-0.15, -0.1) is 0 Å². The van der Waals surface area contributed by atoms with Gasteiger partial charge in [-0.05, 0) is 30.7 Å². The van der Waals surface area contributed by atoms with Gasteiger partial charge in [0.25, 0.3) is 0 Å². The summed E-state index contributed by atoms with van der Waals surface area (Å²) >= 11 is 0. The number of hydrogen-bond acceptors (Lipinski definition) is 3. The normalized spacial score (nSPS) is 14.6. The van der Waals surface area contributed by atoms with Gasteiger partial charge in [0, 0.05) is 11.8 Å². The van der Waals surface area contributed by atoms with Crippen LogP contribution in [0.25, 0.3) is 0 Å². The summed E-state index contributed by atoms with van der Waals surface area (Å²) in [4.78, 5) is 4.50. The van der Waals surface area contributed by atoms with Crippen LogP contribution < -0.4 is 4.74 Å². The van der Waals surface area contributed by atoms with Crippen molar-refractivity contribution >= 4 is 0 Å². The first-order valence-electron chi connectivity index (χ1n) is 7.96. The van der Waals surface area contributed by atoms with E-state index in [-0.39, 0.29) is 5.92 Å². The van der Waals surface area contributed by atoms with E-state index >= 15 is 0 Å². The third-order valence-electron chi connectivity index (χ3n) is 4.33. The van der Waals surface area contributed by atoms with Crippen molar-refractivity contribution in [2.24, 2.45) is 0 Å². The Labute approximate surface area is 142 Å². The number of nitrogens with zero attached hydrogens (tertiary/aromatic N) is 1. The minimum absolute atomic E-state index is 0.309. The molecule has 0 aliphatic carbocycles. The Kier molecular flexibility index (Phi) is 4.63. The Morgan fingerprint density at radius 2 is 1.58 bits per heavy atom. The molecule has 122 valence electrons. The van der Waals surface area contributed by atoms with E-state index in [4.69, 9.17) is 4.74 Å². The van der Waals surface area contributed by atoms with Crippen molar-refractivity contribution in [3.63, 3.8) is 0 Å². The predicted octanol–water partition coefficient (Wildman–Crippen LogP) is 4.13. The van der Waals surface area contributed by atoms with Gasteiger partial charge in [0.2, 0.25) is 0 Å². The molecule has 0 spiro atoms. The molecule has 0 aliphatic heterocycles. The molecule has 0 saturated carbocycles. The summed E-state index contributed by atoms with van der Waals surface area (Å²) in [6, 6.07) is 23.3. The van der Waals surface area contributed by atoms with Crippen LogP contribution in [0.1, 0.15) is 29.7 Å². The Morgan fingerprint density at radius 3 is 2.25 bits per heavy atom. The number of hydrogen-bond donors (Lipinski definition) is 1. The smallest absolute Gasteiger partial charge is 0.124 e. The summed E-state index contributed by atoms with van der Waals surface area (Å²) in [6.07, 6.45) is 1.75. The molecule has 0 radical (unpaired) electrons. The Hall–Kier alpha value is -2.65. The summed E-state index contributed by atoms with van der Waals surface area (Å²) in [7, 11) is 1.62. The zero-order valence-corrected chi connectivity index (χ0v) is 13.9. The van der Waals surface area contributed by atoms with Gasteiger partial charge >= 0.3 is 0 Å². The molecule has 1 aromatic heterocycles. The molecule has 24 heavy (non-hydrogen) atoms. The first-order chi connectivity index (χ1) is 11.6. The molecule has 0 aliphatic rings. The van der Waals surface area contributed by atoms with Crippen LogP contribution in [-0.2, 0) is 5.60 Å². The standard InChI is InChI=1S/C21H21NO2/c1-21(23,17-12-6-7-14-19(17)24-2)20(16-10-4-3-5-11-16)18-13-8-9-15-22-18/h3-15,20,23H,1-2H3/t20-,21-/m1/s1. The van der Waals surface area contributed by atoms with E-state index in [0.717, 1.165) is 16.8 Å². The van der Waals surface area contributed by atoms with Gasteiger partial charge in [-0.1, -0.05) is 54.6 Å². The van der Waals surface area contributed by atoms with Gasteiger partial charge in [0.1, 0.15) is 11.4 Å². The lowest BCUT2D eigenvalue weighted by Crippen LogP contribution is -2.32. The molecular weight excluding hydrogens is 298 g/mol. The molecule has 1 heterocycles. The van der Waals surface area contributed by atoms with Crippen LogP contribution in [0.15, 0.2) is 79.0 Å². The van der Waals surface area contributed by atoms with Crippen molar-refractivity contribution < 1.29 is 9.84 Å². The van der Waals surface area contributed by atoms with E-state index in [9.17, 15) is 5.11 Å². The van der Waals surface area contributed by atoms with Crippen LogP contribution >= 0.6 is 0 Å². The van der Waals surface area contributed by atoms with E-state index in [1.807, 2.05) is 79.7 Å². The molecule has 0 saturated heterocycles. The monoisotopic (exact) mass is 319 g/mol. The highest BCUT2D eigenvalue weighted by atomic mass is 16.5. The molecule has 0 fully saturated rings. The molecule has 3 heteroatoms. The molecule has 3 nitrogen and oxygen atoms in total. The zero-order valence-electron chi connectivity index (χ0n) is 13.9. The molecule has 0 bridgehead atoms. The average Bonchev–Trinajstić information content (AvgIpc) is 2.63. The van der Waals surface area contributed by atoms with Crippen molar-refractivity contribution in [3.05, 3.63) is 95.8 Å². The zero-order chi connectivity index (χ0) is 17.0.